The number of nitrogens with one attached hydrogen (secondary N) is 1. The van der Waals surface area contributed by atoms with Crippen molar-refractivity contribution >= 4 is 0 Å². The molecule has 1 saturated carbocycles. The minimum atomic E-state index is 0.0168. The first kappa shape index (κ1) is 13.6. The summed E-state index contributed by atoms with van der Waals surface area (Å²) in [6.45, 7) is 5.41. The summed E-state index contributed by atoms with van der Waals surface area (Å²) in [5.74, 6) is 0. The maximum atomic E-state index is 5.86. The smallest absolute Gasteiger partial charge is 0.0872 e. The van der Waals surface area contributed by atoms with Crippen LogP contribution in [0.1, 0.15) is 49.8 Å². The zero-order valence-electron chi connectivity index (χ0n) is 11.8. The van der Waals surface area contributed by atoms with E-state index >= 15 is 0 Å². The molecule has 2 heteroatoms. The first-order valence-electron chi connectivity index (χ1n) is 7.07. The van der Waals surface area contributed by atoms with Crippen LogP contribution in [0.15, 0.2) is 24.3 Å². The normalized spacial score (nSPS) is 19.3. The van der Waals surface area contributed by atoms with Gasteiger partial charge in [0.15, 0.2) is 0 Å². The largest absolute Gasteiger partial charge is 0.376 e. The third-order valence-corrected chi connectivity index (χ3v) is 4.11. The average molecular weight is 247 g/mol. The second kappa shape index (κ2) is 5.85. The van der Waals surface area contributed by atoms with Crippen molar-refractivity contribution in [2.45, 2.75) is 51.2 Å². The van der Waals surface area contributed by atoms with Gasteiger partial charge in [0.1, 0.15) is 0 Å². The number of ether oxygens (including phenoxy) is 1. The van der Waals surface area contributed by atoms with Gasteiger partial charge in [-0.1, -0.05) is 36.8 Å². The summed E-state index contributed by atoms with van der Waals surface area (Å²) in [6, 6.07) is 9.14. The molecule has 2 rings (SSSR count). The Morgan fingerprint density at radius 2 is 2.17 bits per heavy atom. The second-order valence-electron chi connectivity index (χ2n) is 5.42. The highest BCUT2D eigenvalue weighted by molar-refractivity contribution is 5.28. The van der Waals surface area contributed by atoms with Crippen molar-refractivity contribution in [3.05, 3.63) is 35.4 Å². The van der Waals surface area contributed by atoms with Gasteiger partial charge in [-0.3, -0.25) is 0 Å². The van der Waals surface area contributed by atoms with Crippen LogP contribution in [0.3, 0.4) is 0 Å². The molecule has 1 aromatic carbocycles. The van der Waals surface area contributed by atoms with Gasteiger partial charge in [0.25, 0.3) is 0 Å². The number of aryl methyl sites for hydroxylation is 1. The van der Waals surface area contributed by atoms with Gasteiger partial charge in [0.05, 0.1) is 11.6 Å². The summed E-state index contributed by atoms with van der Waals surface area (Å²) in [4.78, 5) is 0. The predicted octanol–water partition coefficient (Wildman–Crippen LogP) is 3.60. The first-order valence-corrected chi connectivity index (χ1v) is 7.07. The highest BCUT2D eigenvalue weighted by Gasteiger charge is 2.44. The van der Waals surface area contributed by atoms with Gasteiger partial charge in [-0.25, -0.2) is 0 Å². The zero-order chi connectivity index (χ0) is 13.0. The molecule has 1 aliphatic carbocycles. The van der Waals surface area contributed by atoms with Gasteiger partial charge in [0.2, 0.25) is 0 Å². The molecule has 18 heavy (non-hydrogen) atoms. The Morgan fingerprint density at radius 1 is 1.39 bits per heavy atom. The maximum Gasteiger partial charge on any atom is 0.0872 e. The number of rotatable bonds is 6. The molecular weight excluding hydrogens is 222 g/mol. The number of hydrogen-bond acceptors (Lipinski definition) is 2. The minimum absolute atomic E-state index is 0.0168. The molecule has 1 fully saturated rings. The lowest BCUT2D eigenvalue weighted by Gasteiger charge is -2.47. The van der Waals surface area contributed by atoms with E-state index in [0.29, 0.717) is 6.04 Å². The van der Waals surface area contributed by atoms with Gasteiger partial charge in [-0.15, -0.1) is 0 Å². The Balaban J connectivity index is 2.24. The molecule has 1 aromatic rings. The van der Waals surface area contributed by atoms with Crippen LogP contribution < -0.4 is 5.32 Å². The summed E-state index contributed by atoms with van der Waals surface area (Å²) in [7, 11) is 1.86. The van der Waals surface area contributed by atoms with Crippen LogP contribution in [0.5, 0.6) is 0 Å². The van der Waals surface area contributed by atoms with Crippen LogP contribution in [0.4, 0.5) is 0 Å². The van der Waals surface area contributed by atoms with E-state index < -0.39 is 0 Å². The van der Waals surface area contributed by atoms with E-state index in [-0.39, 0.29) is 5.60 Å². The molecule has 1 unspecified atom stereocenters. The van der Waals surface area contributed by atoms with Gasteiger partial charge in [-0.2, -0.15) is 0 Å². The lowest BCUT2D eigenvalue weighted by molar-refractivity contribution is -0.0997. The predicted molar refractivity (Wildman–Crippen MR) is 75.8 cm³/mol. The van der Waals surface area contributed by atoms with E-state index in [1.165, 1.54) is 30.4 Å². The fraction of sp³-hybridized carbons (Fsp3) is 0.625. The molecule has 100 valence electrons. The van der Waals surface area contributed by atoms with Gasteiger partial charge in [-0.05, 0) is 44.7 Å². The number of methoxy groups -OCH3 is 1. The lowest BCUT2D eigenvalue weighted by Crippen LogP contribution is -2.50. The van der Waals surface area contributed by atoms with E-state index in [1.54, 1.807) is 0 Å². The summed E-state index contributed by atoms with van der Waals surface area (Å²) >= 11 is 0. The van der Waals surface area contributed by atoms with E-state index in [2.05, 4.69) is 43.4 Å². The summed E-state index contributed by atoms with van der Waals surface area (Å²) < 4.78 is 5.86. The van der Waals surface area contributed by atoms with E-state index in [9.17, 15) is 0 Å². The van der Waals surface area contributed by atoms with Crippen molar-refractivity contribution in [2.24, 2.45) is 0 Å². The third-order valence-electron chi connectivity index (χ3n) is 4.11. The Morgan fingerprint density at radius 3 is 2.67 bits per heavy atom. The summed E-state index contributed by atoms with van der Waals surface area (Å²) in [5, 5.41) is 3.68. The van der Waals surface area contributed by atoms with Crippen molar-refractivity contribution in [1.82, 2.24) is 5.32 Å². The third kappa shape index (κ3) is 2.60. The molecule has 0 amide bonds. The molecule has 0 radical (unpaired) electrons. The highest BCUT2D eigenvalue weighted by atomic mass is 16.5. The van der Waals surface area contributed by atoms with Crippen molar-refractivity contribution in [2.75, 3.05) is 13.7 Å². The molecule has 0 heterocycles. The van der Waals surface area contributed by atoms with Crippen LogP contribution in [0, 0.1) is 6.92 Å². The Hall–Kier alpha value is -0.860. The van der Waals surface area contributed by atoms with Crippen molar-refractivity contribution in [3.8, 4) is 0 Å². The molecule has 0 aromatic heterocycles. The van der Waals surface area contributed by atoms with E-state index in [1.807, 2.05) is 7.11 Å². The van der Waals surface area contributed by atoms with E-state index in [0.717, 1.165) is 13.0 Å². The van der Waals surface area contributed by atoms with Crippen LogP contribution in [-0.2, 0) is 4.74 Å². The SMILES string of the molecule is CCCNC(c1cccc(C)c1)C1(OC)CCC1. The molecule has 2 nitrogen and oxygen atoms in total. The Labute approximate surface area is 111 Å². The van der Waals surface area contributed by atoms with Crippen molar-refractivity contribution < 1.29 is 4.74 Å². The molecule has 0 spiro atoms. The molecule has 1 aliphatic rings. The number of benzene rings is 1. The second-order valence-corrected chi connectivity index (χ2v) is 5.42. The molecule has 0 saturated heterocycles. The van der Waals surface area contributed by atoms with Crippen molar-refractivity contribution in [1.29, 1.82) is 0 Å². The van der Waals surface area contributed by atoms with Gasteiger partial charge < -0.3 is 10.1 Å². The molecule has 0 aliphatic heterocycles. The Bertz CT molecular complexity index is 379. The van der Waals surface area contributed by atoms with Crippen LogP contribution in [0.25, 0.3) is 0 Å². The van der Waals surface area contributed by atoms with Crippen molar-refractivity contribution in [3.63, 3.8) is 0 Å². The summed E-state index contributed by atoms with van der Waals surface area (Å²) in [6.07, 6.45) is 4.77. The number of hydrogen-bond donors (Lipinski definition) is 1. The lowest BCUT2D eigenvalue weighted by atomic mass is 9.72. The van der Waals surface area contributed by atoms with Gasteiger partial charge in [0, 0.05) is 7.11 Å². The van der Waals surface area contributed by atoms with E-state index in [4.69, 9.17) is 4.74 Å². The maximum absolute atomic E-state index is 5.86. The quantitative estimate of drug-likeness (QED) is 0.829. The monoisotopic (exact) mass is 247 g/mol. The highest BCUT2D eigenvalue weighted by Crippen LogP contribution is 2.44. The molecule has 1 atom stereocenters. The fourth-order valence-corrected chi connectivity index (χ4v) is 2.88. The topological polar surface area (TPSA) is 21.3 Å². The zero-order valence-corrected chi connectivity index (χ0v) is 11.8. The fourth-order valence-electron chi connectivity index (χ4n) is 2.88. The van der Waals surface area contributed by atoms with Crippen LogP contribution in [0.2, 0.25) is 0 Å². The molecular formula is C16H25NO. The molecule has 0 bridgehead atoms. The van der Waals surface area contributed by atoms with Gasteiger partial charge >= 0.3 is 0 Å². The minimum Gasteiger partial charge on any atom is -0.376 e. The molecule has 1 N–H and O–H groups in total. The van der Waals surface area contributed by atoms with Crippen LogP contribution >= 0.6 is 0 Å². The first-order chi connectivity index (χ1) is 8.72. The standard InChI is InChI=1S/C16H25NO/c1-4-11-17-15(16(18-3)9-6-10-16)14-8-5-7-13(2)12-14/h5,7-8,12,15,17H,4,6,9-11H2,1-3H3. The summed E-state index contributed by atoms with van der Waals surface area (Å²) in [5.41, 5.74) is 2.70. The Kier molecular flexibility index (Phi) is 4.41. The average Bonchev–Trinajstić information content (AvgIpc) is 2.32. The van der Waals surface area contributed by atoms with Crippen LogP contribution in [-0.4, -0.2) is 19.3 Å².